The van der Waals surface area contributed by atoms with E-state index in [4.69, 9.17) is 26.7 Å². The van der Waals surface area contributed by atoms with Crippen LogP contribution < -0.4 is 15.0 Å². The van der Waals surface area contributed by atoms with Crippen LogP contribution in [0.25, 0.3) is 0 Å². The Labute approximate surface area is 219 Å². The Hall–Kier alpha value is -2.94. The molecule has 4 heterocycles. The number of thiocarbonyl (C=S) groups is 1. The maximum absolute atomic E-state index is 5.92. The lowest BCUT2D eigenvalue weighted by Gasteiger charge is -2.29. The fraction of sp³-hybridized carbons (Fsp3) is 0.429. The number of aromatic nitrogens is 2. The maximum Gasteiger partial charge on any atom is 0.174 e. The van der Waals surface area contributed by atoms with Crippen molar-refractivity contribution in [2.45, 2.75) is 38.9 Å². The normalized spacial score (nSPS) is 20.5. The molecule has 1 aromatic carbocycles. The highest BCUT2D eigenvalue weighted by Gasteiger charge is 2.43. The molecule has 5 rings (SSSR count). The predicted molar refractivity (Wildman–Crippen MR) is 147 cm³/mol. The second kappa shape index (κ2) is 11.0. The molecule has 0 aliphatic carbocycles. The van der Waals surface area contributed by atoms with E-state index in [1.54, 1.807) is 7.11 Å². The quantitative estimate of drug-likeness (QED) is 0.455. The Balaban J connectivity index is 1.49. The average molecular weight is 506 g/mol. The summed E-state index contributed by atoms with van der Waals surface area (Å²) in [5.74, 6) is 0.799. The molecule has 0 unspecified atom stereocenters. The van der Waals surface area contributed by atoms with Crippen LogP contribution in [0.15, 0.2) is 54.7 Å². The van der Waals surface area contributed by atoms with E-state index in [2.05, 4.69) is 51.7 Å². The van der Waals surface area contributed by atoms with Crippen molar-refractivity contribution in [3.63, 3.8) is 0 Å². The Bertz CT molecular complexity index is 1190. The molecule has 0 bridgehead atoms. The highest BCUT2D eigenvalue weighted by atomic mass is 32.1. The van der Waals surface area contributed by atoms with Crippen molar-refractivity contribution in [2.75, 3.05) is 44.9 Å². The molecule has 2 aliphatic rings. The molecule has 190 valence electrons. The van der Waals surface area contributed by atoms with Gasteiger partial charge < -0.3 is 24.3 Å². The van der Waals surface area contributed by atoms with E-state index in [9.17, 15) is 0 Å². The van der Waals surface area contributed by atoms with Gasteiger partial charge in [0, 0.05) is 43.8 Å². The molecule has 0 spiro atoms. The molecule has 2 saturated heterocycles. The zero-order valence-electron chi connectivity index (χ0n) is 21.3. The molecule has 36 heavy (non-hydrogen) atoms. The van der Waals surface area contributed by atoms with E-state index < -0.39 is 0 Å². The van der Waals surface area contributed by atoms with Gasteiger partial charge in [0.05, 0.1) is 43.8 Å². The molecule has 2 aliphatic heterocycles. The molecule has 2 fully saturated rings. The number of pyridine rings is 1. The summed E-state index contributed by atoms with van der Waals surface area (Å²) < 4.78 is 13.7. The summed E-state index contributed by atoms with van der Waals surface area (Å²) in [6.45, 7) is 10.3. The van der Waals surface area contributed by atoms with Crippen LogP contribution in [0.4, 0.5) is 5.69 Å². The minimum atomic E-state index is -0.0779. The SMILES string of the molecule is COc1ccccc1N1C(=S)N[C@H](c2ccccn2)[C@@H]1c1cc(C)n(CCCN2CCOCC2)c1C. The number of ether oxygens (including phenoxy) is 2. The lowest BCUT2D eigenvalue weighted by Crippen LogP contribution is -2.37. The summed E-state index contributed by atoms with van der Waals surface area (Å²) in [4.78, 5) is 9.40. The van der Waals surface area contributed by atoms with Crippen LogP contribution in [0.1, 0.15) is 41.1 Å². The van der Waals surface area contributed by atoms with E-state index >= 15 is 0 Å². The lowest BCUT2D eigenvalue weighted by molar-refractivity contribution is 0.0369. The third kappa shape index (κ3) is 4.85. The second-order valence-electron chi connectivity index (χ2n) is 9.45. The largest absolute Gasteiger partial charge is 0.495 e. The summed E-state index contributed by atoms with van der Waals surface area (Å²) in [5.41, 5.74) is 5.72. The van der Waals surface area contributed by atoms with Crippen LogP contribution >= 0.6 is 12.2 Å². The van der Waals surface area contributed by atoms with Gasteiger partial charge in [0.25, 0.3) is 0 Å². The minimum Gasteiger partial charge on any atom is -0.495 e. The molecule has 0 amide bonds. The molecule has 2 aromatic heterocycles. The van der Waals surface area contributed by atoms with Gasteiger partial charge >= 0.3 is 0 Å². The summed E-state index contributed by atoms with van der Waals surface area (Å²) in [6, 6.07) is 16.3. The van der Waals surface area contributed by atoms with Crippen molar-refractivity contribution >= 4 is 23.0 Å². The Morgan fingerprint density at radius 2 is 1.86 bits per heavy atom. The van der Waals surface area contributed by atoms with Gasteiger partial charge in [-0.1, -0.05) is 18.2 Å². The van der Waals surface area contributed by atoms with Crippen LogP contribution in [0, 0.1) is 13.8 Å². The van der Waals surface area contributed by atoms with Crippen molar-refractivity contribution in [1.82, 2.24) is 19.8 Å². The first-order valence-electron chi connectivity index (χ1n) is 12.7. The number of hydrogen-bond acceptors (Lipinski definition) is 5. The van der Waals surface area contributed by atoms with Gasteiger partial charge in [-0.2, -0.15) is 0 Å². The van der Waals surface area contributed by atoms with E-state index in [0.717, 1.165) is 62.9 Å². The van der Waals surface area contributed by atoms with Crippen LogP contribution in [0.3, 0.4) is 0 Å². The number of morpholine rings is 1. The number of anilines is 1. The highest BCUT2D eigenvalue weighted by Crippen LogP contribution is 2.45. The Morgan fingerprint density at radius 1 is 1.08 bits per heavy atom. The topological polar surface area (TPSA) is 54.8 Å². The summed E-state index contributed by atoms with van der Waals surface area (Å²) in [5, 5.41) is 4.25. The smallest absolute Gasteiger partial charge is 0.174 e. The zero-order chi connectivity index (χ0) is 25.1. The first-order valence-corrected chi connectivity index (χ1v) is 13.1. The van der Waals surface area contributed by atoms with Crippen LogP contribution in [0.5, 0.6) is 5.75 Å². The van der Waals surface area contributed by atoms with Crippen LogP contribution in [-0.2, 0) is 11.3 Å². The van der Waals surface area contributed by atoms with E-state index in [-0.39, 0.29) is 12.1 Å². The van der Waals surface area contributed by atoms with Gasteiger partial charge in [-0.3, -0.25) is 9.88 Å². The standard InChI is InChI=1S/C28H35N5O2S/c1-20-19-22(21(2)32(20)14-8-13-31-15-17-35-18-16-31)27-26(23-9-6-7-12-29-23)30-28(36)33(27)24-10-4-5-11-25(24)34-3/h4-7,9-12,19,26-27H,8,13-18H2,1-3H3,(H,30,36)/t26-,27+/m1/s1. The van der Waals surface area contributed by atoms with Gasteiger partial charge in [0.1, 0.15) is 5.75 Å². The molecule has 7 nitrogen and oxygen atoms in total. The molecule has 2 atom stereocenters. The molecule has 8 heteroatoms. The molecular weight excluding hydrogens is 470 g/mol. The van der Waals surface area contributed by atoms with E-state index in [0.29, 0.717) is 5.11 Å². The third-order valence-corrected chi connectivity index (χ3v) is 7.65. The summed E-state index contributed by atoms with van der Waals surface area (Å²) in [6.07, 6.45) is 2.95. The molecule has 3 aromatic rings. The molecule has 0 saturated carbocycles. The fourth-order valence-corrected chi connectivity index (χ4v) is 5.85. The maximum atomic E-state index is 5.92. The Kier molecular flexibility index (Phi) is 7.55. The molecule has 1 N–H and O–H groups in total. The molecular formula is C28H35N5O2S. The minimum absolute atomic E-state index is 0.0529. The zero-order valence-corrected chi connectivity index (χ0v) is 22.1. The first kappa shape index (κ1) is 24.7. The fourth-order valence-electron chi connectivity index (χ4n) is 5.51. The van der Waals surface area contributed by atoms with Crippen LogP contribution in [0.2, 0.25) is 0 Å². The number of nitrogens with one attached hydrogen (secondary N) is 1. The van der Waals surface area contributed by atoms with E-state index in [1.807, 2.05) is 36.5 Å². The second-order valence-corrected chi connectivity index (χ2v) is 9.84. The van der Waals surface area contributed by atoms with Gasteiger partial charge in [-0.25, -0.2) is 0 Å². The van der Waals surface area contributed by atoms with Crippen molar-refractivity contribution in [2.24, 2.45) is 0 Å². The number of nitrogens with zero attached hydrogens (tertiary/aromatic N) is 4. The van der Waals surface area contributed by atoms with Crippen LogP contribution in [-0.4, -0.2) is 59.5 Å². The Morgan fingerprint density at radius 3 is 2.61 bits per heavy atom. The van der Waals surface area contributed by atoms with Gasteiger partial charge in [0.2, 0.25) is 0 Å². The van der Waals surface area contributed by atoms with Crippen molar-refractivity contribution in [3.8, 4) is 5.75 Å². The lowest BCUT2D eigenvalue weighted by atomic mass is 9.96. The monoisotopic (exact) mass is 505 g/mol. The number of para-hydroxylation sites is 2. The van der Waals surface area contributed by atoms with Gasteiger partial charge in [0.15, 0.2) is 5.11 Å². The van der Waals surface area contributed by atoms with E-state index in [1.165, 1.54) is 17.0 Å². The number of rotatable bonds is 8. The van der Waals surface area contributed by atoms with Crippen molar-refractivity contribution in [3.05, 3.63) is 77.4 Å². The number of benzene rings is 1. The molecule has 0 radical (unpaired) electrons. The highest BCUT2D eigenvalue weighted by molar-refractivity contribution is 7.80. The van der Waals surface area contributed by atoms with Gasteiger partial charge in [-0.05, 0) is 68.4 Å². The van der Waals surface area contributed by atoms with Gasteiger partial charge in [-0.15, -0.1) is 0 Å². The number of aryl methyl sites for hydroxylation is 1. The summed E-state index contributed by atoms with van der Waals surface area (Å²) >= 11 is 5.92. The summed E-state index contributed by atoms with van der Waals surface area (Å²) in [7, 11) is 1.71. The van der Waals surface area contributed by atoms with Crippen molar-refractivity contribution < 1.29 is 9.47 Å². The van der Waals surface area contributed by atoms with Crippen molar-refractivity contribution in [1.29, 1.82) is 0 Å². The average Bonchev–Trinajstić information content (AvgIpc) is 3.40. The predicted octanol–water partition coefficient (Wildman–Crippen LogP) is 4.41. The number of methoxy groups -OCH3 is 1. The third-order valence-electron chi connectivity index (χ3n) is 7.33. The number of hydrogen-bond donors (Lipinski definition) is 1. The first-order chi connectivity index (χ1) is 17.6.